The molecule has 102 valence electrons. The van der Waals surface area contributed by atoms with Crippen LogP contribution in [0.4, 0.5) is 8.78 Å². The third kappa shape index (κ3) is 1.80. The summed E-state index contributed by atoms with van der Waals surface area (Å²) in [6.45, 7) is 0. The van der Waals surface area contributed by atoms with Crippen LogP contribution in [0.1, 0.15) is 0 Å². The molecule has 4 aromatic rings. The molecular weight excluding hydrogens is 270 g/mol. The van der Waals surface area contributed by atoms with Crippen molar-refractivity contribution >= 4 is 16.7 Å². The van der Waals surface area contributed by atoms with Gasteiger partial charge in [0.05, 0.1) is 16.7 Å². The van der Waals surface area contributed by atoms with E-state index in [0.29, 0.717) is 16.7 Å². The molecule has 0 saturated carbocycles. The van der Waals surface area contributed by atoms with Crippen molar-refractivity contribution in [3.63, 3.8) is 0 Å². The molecule has 0 fully saturated rings. The van der Waals surface area contributed by atoms with Crippen molar-refractivity contribution in [3.05, 3.63) is 72.3 Å². The van der Waals surface area contributed by atoms with Crippen LogP contribution < -0.4 is 0 Å². The van der Waals surface area contributed by atoms with Crippen LogP contribution in [0.15, 0.2) is 60.7 Å². The van der Waals surface area contributed by atoms with Gasteiger partial charge in [0.2, 0.25) is 0 Å². The minimum absolute atomic E-state index is 0.442. The number of rotatable bonds is 1. The minimum Gasteiger partial charge on any atom is -0.292 e. The van der Waals surface area contributed by atoms with Crippen LogP contribution in [0, 0.1) is 11.6 Å². The van der Waals surface area contributed by atoms with Gasteiger partial charge in [-0.3, -0.25) is 4.40 Å². The van der Waals surface area contributed by atoms with E-state index in [-0.39, 0.29) is 0 Å². The number of halogens is 2. The summed E-state index contributed by atoms with van der Waals surface area (Å²) in [7, 11) is 0. The zero-order valence-electron chi connectivity index (χ0n) is 10.9. The Morgan fingerprint density at radius 2 is 1.57 bits per heavy atom. The number of hydrogen-bond donors (Lipinski definition) is 0. The maximum Gasteiger partial charge on any atom is 0.161 e. The van der Waals surface area contributed by atoms with Gasteiger partial charge in [-0.15, -0.1) is 0 Å². The van der Waals surface area contributed by atoms with Gasteiger partial charge in [0.1, 0.15) is 5.65 Å². The molecule has 0 aliphatic carbocycles. The molecule has 0 radical (unpaired) electrons. The molecule has 2 aromatic heterocycles. The summed E-state index contributed by atoms with van der Waals surface area (Å²) in [5.41, 5.74) is 3.55. The van der Waals surface area contributed by atoms with E-state index in [9.17, 15) is 8.78 Å². The minimum atomic E-state index is -0.882. The average Bonchev–Trinajstić information content (AvgIpc) is 2.86. The zero-order chi connectivity index (χ0) is 14.4. The fraction of sp³-hybridized carbons (Fsp3) is 0. The summed E-state index contributed by atoms with van der Waals surface area (Å²) in [6, 6.07) is 17.7. The van der Waals surface area contributed by atoms with Crippen LogP contribution in [0.2, 0.25) is 0 Å². The molecule has 2 heterocycles. The third-order valence-electron chi connectivity index (χ3n) is 3.53. The standard InChI is InChI=1S/C17H10F2N2/c18-12-9-14-16(10-13(12)19)21-15(7-4-8-17(21)20-14)11-5-2-1-3-6-11/h1-10H. The van der Waals surface area contributed by atoms with Crippen LogP contribution in [-0.2, 0) is 0 Å². The molecule has 2 nitrogen and oxygen atoms in total. The van der Waals surface area contributed by atoms with Crippen molar-refractivity contribution in [2.75, 3.05) is 0 Å². The second kappa shape index (κ2) is 4.38. The van der Waals surface area contributed by atoms with Gasteiger partial charge >= 0.3 is 0 Å². The van der Waals surface area contributed by atoms with Gasteiger partial charge in [0.15, 0.2) is 11.6 Å². The number of benzene rings is 2. The first-order valence-electron chi connectivity index (χ1n) is 6.56. The van der Waals surface area contributed by atoms with Crippen molar-refractivity contribution in [3.8, 4) is 11.3 Å². The van der Waals surface area contributed by atoms with Crippen LogP contribution >= 0.6 is 0 Å². The summed E-state index contributed by atoms with van der Waals surface area (Å²) in [5, 5.41) is 0. The Hall–Kier alpha value is -2.75. The number of pyridine rings is 1. The van der Waals surface area contributed by atoms with E-state index in [1.165, 1.54) is 6.07 Å². The number of aromatic nitrogens is 2. The Morgan fingerprint density at radius 3 is 2.38 bits per heavy atom. The number of hydrogen-bond acceptors (Lipinski definition) is 1. The molecule has 0 saturated heterocycles. The smallest absolute Gasteiger partial charge is 0.161 e. The van der Waals surface area contributed by atoms with Gasteiger partial charge in [0.25, 0.3) is 0 Å². The molecule has 0 spiro atoms. The van der Waals surface area contributed by atoms with Gasteiger partial charge in [-0.25, -0.2) is 13.8 Å². The van der Waals surface area contributed by atoms with E-state index in [0.717, 1.165) is 17.3 Å². The van der Waals surface area contributed by atoms with Gasteiger partial charge < -0.3 is 0 Å². The monoisotopic (exact) mass is 280 g/mol. The first kappa shape index (κ1) is 12.0. The fourth-order valence-electron chi connectivity index (χ4n) is 2.59. The highest BCUT2D eigenvalue weighted by atomic mass is 19.2. The van der Waals surface area contributed by atoms with Gasteiger partial charge in [-0.2, -0.15) is 0 Å². The second-order valence-electron chi connectivity index (χ2n) is 4.84. The molecule has 0 bridgehead atoms. The number of nitrogens with zero attached hydrogens (tertiary/aromatic N) is 2. The molecule has 0 atom stereocenters. The average molecular weight is 280 g/mol. The molecule has 0 unspecified atom stereocenters. The highest BCUT2D eigenvalue weighted by Crippen LogP contribution is 2.26. The number of fused-ring (bicyclic) bond motifs is 3. The molecule has 21 heavy (non-hydrogen) atoms. The molecule has 0 N–H and O–H groups in total. The normalized spacial score (nSPS) is 11.3. The Balaban J connectivity index is 2.15. The highest BCUT2D eigenvalue weighted by Gasteiger charge is 2.12. The SMILES string of the molecule is Fc1cc2nc3cccc(-c4ccccc4)n3c2cc1F. The molecule has 4 heteroatoms. The molecule has 0 aliphatic heterocycles. The van der Waals surface area contributed by atoms with Gasteiger partial charge in [-0.1, -0.05) is 36.4 Å². The van der Waals surface area contributed by atoms with E-state index in [1.54, 1.807) is 0 Å². The van der Waals surface area contributed by atoms with Crippen LogP contribution in [0.3, 0.4) is 0 Å². The molecular formula is C17H10F2N2. The van der Waals surface area contributed by atoms with Crippen molar-refractivity contribution in [1.82, 2.24) is 9.38 Å². The van der Waals surface area contributed by atoms with Crippen LogP contribution in [0.25, 0.3) is 27.9 Å². The maximum absolute atomic E-state index is 13.6. The highest BCUT2D eigenvalue weighted by molar-refractivity contribution is 5.83. The van der Waals surface area contributed by atoms with Crippen molar-refractivity contribution in [1.29, 1.82) is 0 Å². The van der Waals surface area contributed by atoms with Gasteiger partial charge in [0, 0.05) is 12.1 Å². The quantitative estimate of drug-likeness (QED) is 0.504. The summed E-state index contributed by atoms with van der Waals surface area (Å²) in [5.74, 6) is -1.75. The zero-order valence-corrected chi connectivity index (χ0v) is 10.9. The van der Waals surface area contributed by atoms with Crippen molar-refractivity contribution in [2.45, 2.75) is 0 Å². The molecule has 0 aliphatic rings. The Kier molecular flexibility index (Phi) is 2.51. The van der Waals surface area contributed by atoms with Gasteiger partial charge in [-0.05, 0) is 17.7 Å². The lowest BCUT2D eigenvalue weighted by Gasteiger charge is -2.06. The molecule has 4 rings (SSSR count). The number of imidazole rings is 1. The maximum atomic E-state index is 13.6. The first-order valence-corrected chi connectivity index (χ1v) is 6.56. The lowest BCUT2D eigenvalue weighted by Crippen LogP contribution is -1.92. The lowest BCUT2D eigenvalue weighted by atomic mass is 10.1. The van der Waals surface area contributed by atoms with E-state index in [1.807, 2.05) is 52.9 Å². The molecule has 0 amide bonds. The topological polar surface area (TPSA) is 17.3 Å². The van der Waals surface area contributed by atoms with Crippen LogP contribution in [-0.4, -0.2) is 9.38 Å². The Labute approximate surface area is 119 Å². The largest absolute Gasteiger partial charge is 0.292 e. The second-order valence-corrected chi connectivity index (χ2v) is 4.84. The predicted molar refractivity (Wildman–Crippen MR) is 78.1 cm³/mol. The van der Waals surface area contributed by atoms with E-state index in [2.05, 4.69) is 4.98 Å². The molecule has 2 aromatic carbocycles. The summed E-state index contributed by atoms with van der Waals surface area (Å²) in [6.07, 6.45) is 0. The van der Waals surface area contributed by atoms with E-state index in [4.69, 9.17) is 0 Å². The Bertz CT molecular complexity index is 959. The van der Waals surface area contributed by atoms with E-state index >= 15 is 0 Å². The first-order chi connectivity index (χ1) is 10.2. The van der Waals surface area contributed by atoms with Crippen molar-refractivity contribution in [2.24, 2.45) is 0 Å². The Morgan fingerprint density at radius 1 is 0.810 bits per heavy atom. The fourth-order valence-corrected chi connectivity index (χ4v) is 2.59. The summed E-state index contributed by atoms with van der Waals surface area (Å²) < 4.78 is 28.8. The van der Waals surface area contributed by atoms with E-state index < -0.39 is 11.6 Å². The lowest BCUT2D eigenvalue weighted by molar-refractivity contribution is 0.510. The summed E-state index contributed by atoms with van der Waals surface area (Å²) >= 11 is 0. The van der Waals surface area contributed by atoms with Crippen molar-refractivity contribution < 1.29 is 8.78 Å². The summed E-state index contributed by atoms with van der Waals surface area (Å²) in [4.78, 5) is 4.36. The van der Waals surface area contributed by atoms with Crippen LogP contribution in [0.5, 0.6) is 0 Å². The predicted octanol–water partition coefficient (Wildman–Crippen LogP) is 4.43. The third-order valence-corrected chi connectivity index (χ3v) is 3.53.